The lowest BCUT2D eigenvalue weighted by atomic mass is 10.2. The van der Waals surface area contributed by atoms with Crippen molar-refractivity contribution in [1.82, 2.24) is 9.69 Å². The molecule has 0 fully saturated rings. The molecule has 1 rings (SSSR count). The highest BCUT2D eigenvalue weighted by Gasteiger charge is 2.19. The highest BCUT2D eigenvalue weighted by Crippen LogP contribution is 2.26. The molecule has 1 heterocycles. The fraction of sp³-hybridized carbons (Fsp3) is 0.667. The van der Waals surface area contributed by atoms with Crippen LogP contribution in [0.25, 0.3) is 0 Å². The Bertz CT molecular complexity index is 423. The van der Waals surface area contributed by atoms with Crippen LogP contribution < -0.4 is 16.4 Å². The molecule has 1 aromatic rings. The summed E-state index contributed by atoms with van der Waals surface area (Å²) in [7, 11) is 1.63. The van der Waals surface area contributed by atoms with E-state index in [-0.39, 0.29) is 17.8 Å². The van der Waals surface area contributed by atoms with Crippen LogP contribution in [0.15, 0.2) is 0 Å². The Labute approximate surface area is 123 Å². The molecule has 4 N–H and O–H groups in total. The fourth-order valence-corrected chi connectivity index (χ4v) is 2.19. The number of aromatic nitrogens is 1. The van der Waals surface area contributed by atoms with Crippen molar-refractivity contribution in [3.05, 3.63) is 5.56 Å². The number of hydrogen-bond donors (Lipinski definition) is 3. The van der Waals surface area contributed by atoms with Crippen molar-refractivity contribution < 1.29 is 14.3 Å². The maximum absolute atomic E-state index is 12.0. The minimum Gasteiger partial charge on any atom is -0.382 e. The zero-order chi connectivity index (χ0) is 15.0. The van der Waals surface area contributed by atoms with E-state index < -0.39 is 0 Å². The molecule has 0 saturated carbocycles. The van der Waals surface area contributed by atoms with Crippen molar-refractivity contribution in [1.29, 1.82) is 0 Å². The van der Waals surface area contributed by atoms with Crippen LogP contribution in [-0.2, 0) is 9.47 Å². The topological polar surface area (TPSA) is 98.5 Å². The van der Waals surface area contributed by atoms with Gasteiger partial charge in [0.1, 0.15) is 10.6 Å². The molecule has 0 radical (unpaired) electrons. The van der Waals surface area contributed by atoms with Crippen molar-refractivity contribution >= 4 is 28.3 Å². The number of nitrogens with zero attached hydrogens (tertiary/aromatic N) is 1. The van der Waals surface area contributed by atoms with Crippen molar-refractivity contribution in [2.75, 3.05) is 44.5 Å². The second-order valence-corrected chi connectivity index (χ2v) is 5.21. The first kappa shape index (κ1) is 16.7. The van der Waals surface area contributed by atoms with E-state index >= 15 is 0 Å². The Morgan fingerprint density at radius 2 is 2.15 bits per heavy atom. The summed E-state index contributed by atoms with van der Waals surface area (Å²) < 4.78 is 14.2. The van der Waals surface area contributed by atoms with Crippen LogP contribution in [0.3, 0.4) is 0 Å². The molecular formula is C12H22N4O3S. The molecule has 0 aliphatic heterocycles. The number of rotatable bonds is 9. The summed E-state index contributed by atoms with van der Waals surface area (Å²) in [6.07, 6.45) is 0. The van der Waals surface area contributed by atoms with Gasteiger partial charge in [0.25, 0.3) is 5.91 Å². The maximum Gasteiger partial charge on any atom is 0.258 e. The summed E-state index contributed by atoms with van der Waals surface area (Å²) in [4.78, 5) is 12.0. The minimum atomic E-state index is -0.214. The highest BCUT2D eigenvalue weighted by molar-refractivity contribution is 7.11. The zero-order valence-electron chi connectivity index (χ0n) is 12.1. The number of amides is 1. The summed E-state index contributed by atoms with van der Waals surface area (Å²) in [5, 5.41) is 6.58. The first-order chi connectivity index (χ1) is 9.56. The Morgan fingerprint density at radius 1 is 1.40 bits per heavy atom. The van der Waals surface area contributed by atoms with Gasteiger partial charge in [-0.05, 0) is 25.4 Å². The van der Waals surface area contributed by atoms with Gasteiger partial charge in [-0.3, -0.25) is 4.79 Å². The van der Waals surface area contributed by atoms with Crippen LogP contribution in [0, 0.1) is 0 Å². The van der Waals surface area contributed by atoms with Gasteiger partial charge in [-0.1, -0.05) is 0 Å². The van der Waals surface area contributed by atoms with Crippen molar-refractivity contribution in [2.24, 2.45) is 0 Å². The summed E-state index contributed by atoms with van der Waals surface area (Å²) in [5.41, 5.74) is 6.14. The summed E-state index contributed by atoms with van der Waals surface area (Å²) in [6.45, 7) is 5.99. The van der Waals surface area contributed by atoms with Crippen LogP contribution in [0.2, 0.25) is 0 Å². The second kappa shape index (κ2) is 8.72. The molecule has 20 heavy (non-hydrogen) atoms. The largest absolute Gasteiger partial charge is 0.382 e. The number of nitrogens with two attached hydrogens (primary N) is 1. The molecule has 0 spiro atoms. The summed E-state index contributed by atoms with van der Waals surface area (Å²) in [5.74, 6) is 0.0324. The van der Waals surface area contributed by atoms with Gasteiger partial charge in [-0.25, -0.2) is 0 Å². The average Bonchev–Trinajstić information content (AvgIpc) is 2.74. The van der Waals surface area contributed by atoms with Crippen LogP contribution in [0.4, 0.5) is 10.8 Å². The third kappa shape index (κ3) is 5.32. The van der Waals surface area contributed by atoms with Crippen molar-refractivity contribution in [2.45, 2.75) is 19.9 Å². The molecule has 1 amide bonds. The molecule has 0 bridgehead atoms. The number of nitrogens with one attached hydrogen (secondary N) is 2. The number of ether oxygens (including phenoxy) is 2. The molecule has 7 nitrogen and oxygen atoms in total. The van der Waals surface area contributed by atoms with Crippen LogP contribution in [0.5, 0.6) is 0 Å². The first-order valence-corrected chi connectivity index (χ1v) is 7.20. The van der Waals surface area contributed by atoms with Crippen molar-refractivity contribution in [3.63, 3.8) is 0 Å². The number of carbonyl (C=O) groups excluding carboxylic acids is 1. The van der Waals surface area contributed by atoms with E-state index in [0.717, 1.165) is 0 Å². The van der Waals surface area contributed by atoms with Crippen molar-refractivity contribution in [3.8, 4) is 0 Å². The van der Waals surface area contributed by atoms with E-state index in [0.29, 0.717) is 36.9 Å². The van der Waals surface area contributed by atoms with E-state index in [9.17, 15) is 4.79 Å². The van der Waals surface area contributed by atoms with Gasteiger partial charge in [0.05, 0.1) is 19.8 Å². The Kier molecular flexibility index (Phi) is 7.27. The van der Waals surface area contributed by atoms with Gasteiger partial charge in [0.2, 0.25) is 0 Å². The monoisotopic (exact) mass is 302 g/mol. The number of methoxy groups -OCH3 is 1. The fourth-order valence-electron chi connectivity index (χ4n) is 1.46. The number of hydrogen-bond acceptors (Lipinski definition) is 7. The predicted octanol–water partition coefficient (Wildman–Crippen LogP) is 0.938. The van der Waals surface area contributed by atoms with Crippen LogP contribution in [0.1, 0.15) is 24.2 Å². The van der Waals surface area contributed by atoms with Gasteiger partial charge in [0, 0.05) is 19.7 Å². The lowest BCUT2D eigenvalue weighted by Crippen LogP contribution is -2.31. The molecule has 114 valence electrons. The zero-order valence-corrected chi connectivity index (χ0v) is 12.9. The molecular weight excluding hydrogens is 280 g/mol. The smallest absolute Gasteiger partial charge is 0.258 e. The molecule has 0 unspecified atom stereocenters. The Balaban J connectivity index is 2.48. The normalized spacial score (nSPS) is 10.8. The lowest BCUT2D eigenvalue weighted by molar-refractivity contribution is 0.0759. The van der Waals surface area contributed by atoms with E-state index in [1.54, 1.807) is 7.11 Å². The van der Waals surface area contributed by atoms with Gasteiger partial charge >= 0.3 is 0 Å². The molecule has 0 aromatic carbocycles. The Hall–Kier alpha value is -1.38. The van der Waals surface area contributed by atoms with Crippen LogP contribution in [-0.4, -0.2) is 49.8 Å². The molecule has 0 saturated heterocycles. The predicted molar refractivity (Wildman–Crippen MR) is 80.3 cm³/mol. The lowest BCUT2D eigenvalue weighted by Gasteiger charge is -2.10. The maximum atomic E-state index is 12.0. The van der Waals surface area contributed by atoms with Gasteiger partial charge in [-0.15, -0.1) is 0 Å². The van der Waals surface area contributed by atoms with Gasteiger partial charge in [0.15, 0.2) is 5.82 Å². The van der Waals surface area contributed by atoms with Gasteiger partial charge in [-0.2, -0.15) is 4.37 Å². The van der Waals surface area contributed by atoms with E-state index in [4.69, 9.17) is 15.2 Å². The van der Waals surface area contributed by atoms with Gasteiger partial charge < -0.3 is 25.8 Å². The first-order valence-electron chi connectivity index (χ1n) is 6.42. The Morgan fingerprint density at radius 3 is 2.80 bits per heavy atom. The molecule has 0 atom stereocenters. The third-order valence-electron chi connectivity index (χ3n) is 2.33. The van der Waals surface area contributed by atoms with E-state index in [1.165, 1.54) is 11.5 Å². The SMILES string of the molecule is COCCOCCNc1snc(N)c1C(=O)NC(C)C. The molecule has 1 aromatic heterocycles. The van der Waals surface area contributed by atoms with E-state index in [2.05, 4.69) is 15.0 Å². The summed E-state index contributed by atoms with van der Waals surface area (Å²) >= 11 is 1.17. The standard InChI is InChI=1S/C12H22N4O3S/c1-8(2)15-11(17)9-10(13)16-20-12(9)14-4-5-19-7-6-18-3/h8,14H,4-7H2,1-3H3,(H2,13,16)(H,15,17). The molecule has 8 heteroatoms. The number of nitrogen functional groups attached to an aromatic ring is 1. The summed E-state index contributed by atoms with van der Waals surface area (Å²) in [6, 6.07) is 0.0482. The minimum absolute atomic E-state index is 0.0482. The highest BCUT2D eigenvalue weighted by atomic mass is 32.1. The molecule has 0 aliphatic carbocycles. The average molecular weight is 302 g/mol. The number of anilines is 2. The van der Waals surface area contributed by atoms with Crippen LogP contribution >= 0.6 is 11.5 Å². The molecule has 0 aliphatic rings. The third-order valence-corrected chi connectivity index (χ3v) is 3.15. The second-order valence-electron chi connectivity index (χ2n) is 4.43. The van der Waals surface area contributed by atoms with E-state index in [1.807, 2.05) is 13.8 Å². The number of carbonyl (C=O) groups is 1. The quantitative estimate of drug-likeness (QED) is 0.587.